The molecule has 7 nitrogen and oxygen atoms in total. The number of nitro groups is 1. The van der Waals surface area contributed by atoms with E-state index < -0.39 is 16.4 Å². The Kier molecular flexibility index (Phi) is 2.61. The molecular formula is C9H6FN5O2. The maximum absolute atomic E-state index is 13.0. The van der Waals surface area contributed by atoms with E-state index in [1.54, 1.807) is 0 Å². The smallest absolute Gasteiger partial charge is 0.337 e. The van der Waals surface area contributed by atoms with Gasteiger partial charge < -0.3 is 5.73 Å². The molecule has 0 fully saturated rings. The second-order valence-electron chi connectivity index (χ2n) is 3.11. The Morgan fingerprint density at radius 2 is 2.12 bits per heavy atom. The van der Waals surface area contributed by atoms with Crippen LogP contribution in [0.5, 0.6) is 0 Å². The molecule has 0 aliphatic heterocycles. The standard InChI is InChI=1S/C9H6FN5O2/c10-6-1-5(2-12-3-6)7-8(15(16)17)9(11)14-4-13-7/h1-4H,(H2,11,13,14). The molecule has 2 N–H and O–H groups in total. The van der Waals surface area contributed by atoms with Crippen LogP contribution in [-0.4, -0.2) is 19.9 Å². The van der Waals surface area contributed by atoms with Crippen molar-refractivity contribution in [3.63, 3.8) is 0 Å². The number of nitrogens with two attached hydrogens (primary N) is 1. The Labute approximate surface area is 94.3 Å². The molecule has 2 rings (SSSR count). The number of hydrogen-bond acceptors (Lipinski definition) is 6. The summed E-state index contributed by atoms with van der Waals surface area (Å²) in [5.74, 6) is -0.891. The summed E-state index contributed by atoms with van der Waals surface area (Å²) < 4.78 is 13.0. The van der Waals surface area contributed by atoms with Crippen molar-refractivity contribution in [3.05, 3.63) is 40.7 Å². The van der Waals surface area contributed by atoms with Crippen LogP contribution in [0, 0.1) is 15.9 Å². The lowest BCUT2D eigenvalue weighted by Crippen LogP contribution is -2.02. The van der Waals surface area contributed by atoms with Gasteiger partial charge in [-0.3, -0.25) is 15.1 Å². The second-order valence-corrected chi connectivity index (χ2v) is 3.11. The maximum Gasteiger partial charge on any atom is 0.337 e. The third-order valence-electron chi connectivity index (χ3n) is 2.01. The minimum Gasteiger partial charge on any atom is -0.378 e. The predicted molar refractivity (Wildman–Crippen MR) is 56.3 cm³/mol. The number of hydrogen-bond donors (Lipinski definition) is 1. The first-order chi connectivity index (χ1) is 8.09. The van der Waals surface area contributed by atoms with Crippen LogP contribution in [-0.2, 0) is 0 Å². The van der Waals surface area contributed by atoms with Gasteiger partial charge in [-0.25, -0.2) is 14.4 Å². The fourth-order valence-corrected chi connectivity index (χ4v) is 1.33. The molecule has 0 unspecified atom stereocenters. The highest BCUT2D eigenvalue weighted by atomic mass is 19.1. The van der Waals surface area contributed by atoms with Gasteiger partial charge in [0.25, 0.3) is 0 Å². The summed E-state index contributed by atoms with van der Waals surface area (Å²) in [6.45, 7) is 0. The largest absolute Gasteiger partial charge is 0.378 e. The monoisotopic (exact) mass is 235 g/mol. The summed E-state index contributed by atoms with van der Waals surface area (Å²) in [5, 5.41) is 10.8. The molecule has 0 aliphatic rings. The minimum atomic E-state index is -0.713. The minimum absolute atomic E-state index is 0.0606. The zero-order chi connectivity index (χ0) is 12.4. The normalized spacial score (nSPS) is 10.2. The van der Waals surface area contributed by atoms with Gasteiger partial charge in [0.05, 0.1) is 11.1 Å². The summed E-state index contributed by atoms with van der Waals surface area (Å²) in [6, 6.07) is 1.09. The van der Waals surface area contributed by atoms with Crippen molar-refractivity contribution in [2.24, 2.45) is 0 Å². The third-order valence-corrected chi connectivity index (χ3v) is 2.01. The molecule has 2 aromatic rings. The van der Waals surface area contributed by atoms with Crippen LogP contribution in [0.4, 0.5) is 15.9 Å². The summed E-state index contributed by atoms with van der Waals surface area (Å²) in [7, 11) is 0. The number of anilines is 1. The van der Waals surface area contributed by atoms with E-state index in [2.05, 4.69) is 15.0 Å². The van der Waals surface area contributed by atoms with Gasteiger partial charge in [-0.15, -0.1) is 0 Å². The molecule has 2 aromatic heterocycles. The van der Waals surface area contributed by atoms with E-state index >= 15 is 0 Å². The zero-order valence-corrected chi connectivity index (χ0v) is 8.37. The van der Waals surface area contributed by atoms with E-state index in [9.17, 15) is 14.5 Å². The van der Waals surface area contributed by atoms with E-state index in [-0.39, 0.29) is 17.1 Å². The summed E-state index contributed by atoms with van der Waals surface area (Å²) >= 11 is 0. The molecule has 2 heterocycles. The average molecular weight is 235 g/mol. The molecule has 0 bridgehead atoms. The Morgan fingerprint density at radius 1 is 1.35 bits per heavy atom. The Morgan fingerprint density at radius 3 is 2.76 bits per heavy atom. The number of nitrogens with zero attached hydrogens (tertiary/aromatic N) is 4. The van der Waals surface area contributed by atoms with Gasteiger partial charge in [0, 0.05) is 11.8 Å². The van der Waals surface area contributed by atoms with Gasteiger partial charge >= 0.3 is 5.69 Å². The Bertz CT molecular complexity index is 589. The summed E-state index contributed by atoms with van der Waals surface area (Å²) in [5.41, 5.74) is 5.04. The fraction of sp³-hybridized carbons (Fsp3) is 0. The highest BCUT2D eigenvalue weighted by Gasteiger charge is 2.22. The van der Waals surface area contributed by atoms with Crippen molar-refractivity contribution in [3.8, 4) is 11.3 Å². The molecule has 0 saturated heterocycles. The van der Waals surface area contributed by atoms with Crippen LogP contribution < -0.4 is 5.73 Å². The molecule has 8 heteroatoms. The van der Waals surface area contributed by atoms with Crippen LogP contribution in [0.1, 0.15) is 0 Å². The van der Waals surface area contributed by atoms with Crippen molar-refractivity contribution in [1.82, 2.24) is 15.0 Å². The quantitative estimate of drug-likeness (QED) is 0.618. The van der Waals surface area contributed by atoms with E-state index in [0.29, 0.717) is 0 Å². The number of halogens is 1. The molecule has 0 aromatic carbocycles. The third kappa shape index (κ3) is 2.00. The second kappa shape index (κ2) is 4.08. The van der Waals surface area contributed by atoms with Gasteiger partial charge in [-0.1, -0.05) is 0 Å². The number of pyridine rings is 1. The number of rotatable bonds is 2. The van der Waals surface area contributed by atoms with Crippen molar-refractivity contribution >= 4 is 11.5 Å². The van der Waals surface area contributed by atoms with Crippen LogP contribution in [0.2, 0.25) is 0 Å². The Balaban J connectivity index is 2.67. The van der Waals surface area contributed by atoms with Crippen LogP contribution in [0.25, 0.3) is 11.3 Å². The fourth-order valence-electron chi connectivity index (χ4n) is 1.33. The van der Waals surface area contributed by atoms with Gasteiger partial charge in [0.1, 0.15) is 12.1 Å². The number of aromatic nitrogens is 3. The van der Waals surface area contributed by atoms with Crippen molar-refractivity contribution in [1.29, 1.82) is 0 Å². The van der Waals surface area contributed by atoms with Crippen molar-refractivity contribution in [2.45, 2.75) is 0 Å². The van der Waals surface area contributed by atoms with Crippen LogP contribution in [0.15, 0.2) is 24.8 Å². The maximum atomic E-state index is 13.0. The van der Waals surface area contributed by atoms with E-state index in [1.807, 2.05) is 0 Å². The molecule has 0 radical (unpaired) electrons. The molecule has 17 heavy (non-hydrogen) atoms. The van der Waals surface area contributed by atoms with Crippen LogP contribution >= 0.6 is 0 Å². The lowest BCUT2D eigenvalue weighted by molar-refractivity contribution is -0.383. The van der Waals surface area contributed by atoms with Crippen LogP contribution in [0.3, 0.4) is 0 Å². The summed E-state index contributed by atoms with van der Waals surface area (Å²) in [4.78, 5) is 21.0. The molecule has 0 aliphatic carbocycles. The van der Waals surface area contributed by atoms with Crippen molar-refractivity contribution < 1.29 is 9.31 Å². The van der Waals surface area contributed by atoms with Gasteiger partial charge in [-0.2, -0.15) is 0 Å². The van der Waals surface area contributed by atoms with E-state index in [4.69, 9.17) is 5.73 Å². The highest BCUT2D eigenvalue weighted by Crippen LogP contribution is 2.30. The first kappa shape index (κ1) is 10.9. The molecular weight excluding hydrogens is 229 g/mol. The predicted octanol–water partition coefficient (Wildman–Crippen LogP) is 1.17. The topological polar surface area (TPSA) is 108 Å². The first-order valence-electron chi connectivity index (χ1n) is 4.45. The summed E-state index contributed by atoms with van der Waals surface area (Å²) in [6.07, 6.45) is 3.32. The molecule has 86 valence electrons. The number of nitrogen functional groups attached to an aromatic ring is 1. The van der Waals surface area contributed by atoms with E-state index in [1.165, 1.54) is 6.20 Å². The zero-order valence-electron chi connectivity index (χ0n) is 8.37. The molecule has 0 spiro atoms. The highest BCUT2D eigenvalue weighted by molar-refractivity contribution is 5.74. The first-order valence-corrected chi connectivity index (χ1v) is 4.45. The van der Waals surface area contributed by atoms with Gasteiger partial charge in [0.15, 0.2) is 5.69 Å². The molecule has 0 atom stereocenters. The van der Waals surface area contributed by atoms with Crippen molar-refractivity contribution in [2.75, 3.05) is 5.73 Å². The van der Waals surface area contributed by atoms with E-state index in [0.717, 1.165) is 18.6 Å². The van der Waals surface area contributed by atoms with Gasteiger partial charge in [-0.05, 0) is 6.07 Å². The average Bonchev–Trinajstić information content (AvgIpc) is 2.28. The lowest BCUT2D eigenvalue weighted by Gasteiger charge is -2.02. The lowest BCUT2D eigenvalue weighted by atomic mass is 10.1. The SMILES string of the molecule is Nc1ncnc(-c2cncc(F)c2)c1[N+](=O)[O-]. The molecule has 0 saturated carbocycles. The Hall–Kier alpha value is -2.64. The molecule has 0 amide bonds. The van der Waals surface area contributed by atoms with Gasteiger partial charge in [0.2, 0.25) is 5.82 Å².